The SMILES string of the molecule is C=C=COC1CC(OC(C)=O)C(CC(OC(C)=O)C(Br)CC=CCC)O1. The number of esters is 2. The molecule has 146 valence electrons. The molecule has 0 radical (unpaired) electrons. The number of rotatable bonds is 10. The van der Waals surface area contributed by atoms with Gasteiger partial charge in [-0.05, 0) is 12.8 Å². The van der Waals surface area contributed by atoms with Crippen molar-refractivity contribution in [1.82, 2.24) is 0 Å². The van der Waals surface area contributed by atoms with Crippen molar-refractivity contribution >= 4 is 27.9 Å². The summed E-state index contributed by atoms with van der Waals surface area (Å²) in [6.45, 7) is 8.20. The lowest BCUT2D eigenvalue weighted by molar-refractivity contribution is -0.157. The van der Waals surface area contributed by atoms with Gasteiger partial charge in [0.05, 0.1) is 4.83 Å². The molecule has 26 heavy (non-hydrogen) atoms. The van der Waals surface area contributed by atoms with Crippen molar-refractivity contribution in [2.45, 2.75) is 75.9 Å². The molecule has 0 aromatic rings. The Labute approximate surface area is 163 Å². The van der Waals surface area contributed by atoms with Gasteiger partial charge in [0.1, 0.15) is 24.6 Å². The van der Waals surface area contributed by atoms with Crippen molar-refractivity contribution in [1.29, 1.82) is 0 Å². The molecule has 1 aliphatic heterocycles. The molecule has 0 N–H and O–H groups in total. The molecule has 1 heterocycles. The van der Waals surface area contributed by atoms with E-state index in [2.05, 4.69) is 41.2 Å². The van der Waals surface area contributed by atoms with E-state index in [1.54, 1.807) is 0 Å². The zero-order valence-electron chi connectivity index (χ0n) is 15.5. The average Bonchev–Trinajstić information content (AvgIpc) is 2.93. The third-order valence-corrected chi connectivity index (χ3v) is 4.70. The fourth-order valence-electron chi connectivity index (χ4n) is 2.69. The summed E-state index contributed by atoms with van der Waals surface area (Å²) < 4.78 is 22.0. The predicted octanol–water partition coefficient (Wildman–Crippen LogP) is 3.79. The van der Waals surface area contributed by atoms with Crippen LogP contribution >= 0.6 is 15.9 Å². The van der Waals surface area contributed by atoms with Gasteiger partial charge in [-0.25, -0.2) is 0 Å². The Hall–Kier alpha value is -1.56. The number of hydrogen-bond donors (Lipinski definition) is 0. The molecule has 0 aromatic carbocycles. The van der Waals surface area contributed by atoms with Crippen molar-refractivity contribution < 1.29 is 28.5 Å². The van der Waals surface area contributed by atoms with Crippen LogP contribution in [0.1, 0.15) is 46.5 Å². The highest BCUT2D eigenvalue weighted by atomic mass is 79.9. The van der Waals surface area contributed by atoms with Crippen LogP contribution in [0.25, 0.3) is 0 Å². The molecule has 0 aromatic heterocycles. The topological polar surface area (TPSA) is 71.1 Å². The maximum absolute atomic E-state index is 11.5. The quantitative estimate of drug-likeness (QED) is 0.172. The zero-order valence-corrected chi connectivity index (χ0v) is 17.1. The summed E-state index contributed by atoms with van der Waals surface area (Å²) in [5, 5.41) is 0. The molecule has 1 aliphatic rings. The van der Waals surface area contributed by atoms with Gasteiger partial charge in [0.2, 0.25) is 6.29 Å². The van der Waals surface area contributed by atoms with Crippen molar-refractivity contribution in [3.8, 4) is 0 Å². The minimum atomic E-state index is -0.564. The van der Waals surface area contributed by atoms with Crippen LogP contribution in [0, 0.1) is 0 Å². The van der Waals surface area contributed by atoms with E-state index < -0.39 is 30.6 Å². The third kappa shape index (κ3) is 8.21. The highest BCUT2D eigenvalue weighted by Crippen LogP contribution is 2.30. The van der Waals surface area contributed by atoms with E-state index in [0.717, 1.165) is 6.42 Å². The van der Waals surface area contributed by atoms with E-state index in [9.17, 15) is 9.59 Å². The van der Waals surface area contributed by atoms with E-state index >= 15 is 0 Å². The smallest absolute Gasteiger partial charge is 0.302 e. The minimum absolute atomic E-state index is 0.0798. The third-order valence-electron chi connectivity index (χ3n) is 3.74. The molecule has 7 heteroatoms. The van der Waals surface area contributed by atoms with Crippen LogP contribution < -0.4 is 0 Å². The molecule has 0 aliphatic carbocycles. The fourth-order valence-corrected chi connectivity index (χ4v) is 3.23. The Morgan fingerprint density at radius 1 is 1.35 bits per heavy atom. The molecular weight excluding hydrogens is 404 g/mol. The second-order valence-corrected chi connectivity index (χ2v) is 7.14. The molecule has 0 bridgehead atoms. The van der Waals surface area contributed by atoms with Crippen LogP contribution in [0.2, 0.25) is 0 Å². The Morgan fingerprint density at radius 3 is 2.65 bits per heavy atom. The summed E-state index contributed by atoms with van der Waals surface area (Å²) >= 11 is 3.59. The molecular formula is C19H27BrO6. The number of halogens is 1. The van der Waals surface area contributed by atoms with Crippen molar-refractivity contribution in [2.75, 3.05) is 0 Å². The van der Waals surface area contributed by atoms with Crippen LogP contribution in [-0.2, 0) is 28.5 Å². The zero-order chi connectivity index (χ0) is 19.5. The Bertz CT molecular complexity index is 540. The first kappa shape index (κ1) is 22.5. The monoisotopic (exact) mass is 430 g/mol. The summed E-state index contributed by atoms with van der Waals surface area (Å²) in [7, 11) is 0. The van der Waals surface area contributed by atoms with Gasteiger partial charge < -0.3 is 18.9 Å². The second-order valence-electron chi connectivity index (χ2n) is 5.96. The normalized spacial score (nSPS) is 24.5. The highest BCUT2D eigenvalue weighted by Gasteiger charge is 2.41. The number of hydrogen-bond acceptors (Lipinski definition) is 6. The first-order valence-corrected chi connectivity index (χ1v) is 9.57. The summed E-state index contributed by atoms with van der Waals surface area (Å²) in [4.78, 5) is 22.8. The Balaban J connectivity index is 2.82. The van der Waals surface area contributed by atoms with Gasteiger partial charge in [-0.3, -0.25) is 9.59 Å². The molecule has 5 atom stereocenters. The number of alkyl halides is 1. The molecule has 1 rings (SSSR count). The van der Waals surface area contributed by atoms with Gasteiger partial charge in [0, 0.05) is 26.7 Å². The van der Waals surface area contributed by atoms with Crippen molar-refractivity contribution in [2.24, 2.45) is 0 Å². The number of ether oxygens (including phenoxy) is 4. The maximum atomic E-state index is 11.5. The minimum Gasteiger partial charge on any atom is -0.464 e. The van der Waals surface area contributed by atoms with Crippen LogP contribution in [0.4, 0.5) is 0 Å². The van der Waals surface area contributed by atoms with E-state index in [1.807, 2.05) is 6.08 Å². The lowest BCUT2D eigenvalue weighted by atomic mass is 10.0. The molecule has 0 saturated carbocycles. The van der Waals surface area contributed by atoms with Crippen molar-refractivity contribution in [3.05, 3.63) is 30.7 Å². The van der Waals surface area contributed by atoms with Gasteiger partial charge in [0.25, 0.3) is 0 Å². The number of carbonyl (C=O) groups is 2. The van der Waals surface area contributed by atoms with Crippen LogP contribution in [0.5, 0.6) is 0 Å². The summed E-state index contributed by atoms with van der Waals surface area (Å²) in [6.07, 6.45) is 5.91. The van der Waals surface area contributed by atoms with E-state index in [-0.39, 0.29) is 10.8 Å². The van der Waals surface area contributed by atoms with Gasteiger partial charge in [-0.1, -0.05) is 47.3 Å². The summed E-state index contributed by atoms with van der Waals surface area (Å²) in [5.74, 6) is -0.767. The molecule has 0 spiro atoms. The Kier molecular flexibility index (Phi) is 10.3. The van der Waals surface area contributed by atoms with E-state index in [0.29, 0.717) is 19.3 Å². The van der Waals surface area contributed by atoms with Gasteiger partial charge in [0.15, 0.2) is 0 Å². The largest absolute Gasteiger partial charge is 0.464 e. The van der Waals surface area contributed by atoms with Gasteiger partial charge >= 0.3 is 11.9 Å². The summed E-state index contributed by atoms with van der Waals surface area (Å²) in [5.41, 5.74) is 2.51. The molecule has 6 nitrogen and oxygen atoms in total. The number of allylic oxidation sites excluding steroid dienone is 2. The standard InChI is InChI=1S/C19H27BrO6/c1-5-7-8-9-15(20)16(24-13(3)21)11-17-18(25-14(4)22)12-19(26-17)23-10-6-2/h7-8,10,15-19H,2,5,9,11-12H2,1,3-4H3. The second kappa shape index (κ2) is 11.9. The van der Waals surface area contributed by atoms with Crippen molar-refractivity contribution in [3.63, 3.8) is 0 Å². The summed E-state index contributed by atoms with van der Waals surface area (Å²) in [6, 6.07) is 0. The van der Waals surface area contributed by atoms with Gasteiger partial charge in [-0.2, -0.15) is 0 Å². The average molecular weight is 431 g/mol. The van der Waals surface area contributed by atoms with Gasteiger partial charge in [-0.15, -0.1) is 0 Å². The maximum Gasteiger partial charge on any atom is 0.302 e. The molecule has 1 saturated heterocycles. The fraction of sp³-hybridized carbons (Fsp3) is 0.632. The van der Waals surface area contributed by atoms with E-state index in [4.69, 9.17) is 18.9 Å². The molecule has 1 fully saturated rings. The van der Waals surface area contributed by atoms with Crippen LogP contribution in [-0.4, -0.2) is 41.4 Å². The first-order chi connectivity index (χ1) is 12.4. The van der Waals surface area contributed by atoms with Crippen LogP contribution in [0.15, 0.2) is 30.7 Å². The predicted molar refractivity (Wildman–Crippen MR) is 101 cm³/mol. The van der Waals surface area contributed by atoms with E-state index in [1.165, 1.54) is 20.1 Å². The number of carbonyl (C=O) groups excluding carboxylic acids is 2. The van der Waals surface area contributed by atoms with Crippen LogP contribution in [0.3, 0.4) is 0 Å². The highest BCUT2D eigenvalue weighted by molar-refractivity contribution is 9.09. The Morgan fingerprint density at radius 2 is 2.08 bits per heavy atom. The molecule has 0 amide bonds. The molecule has 5 unspecified atom stereocenters. The first-order valence-electron chi connectivity index (χ1n) is 8.66. The lowest BCUT2D eigenvalue weighted by Crippen LogP contribution is -2.35. The lowest BCUT2D eigenvalue weighted by Gasteiger charge is -2.26.